The highest BCUT2D eigenvalue weighted by Gasteiger charge is 2.38. The molecule has 2 aromatic carbocycles. The van der Waals surface area contributed by atoms with Crippen LogP contribution in [0.5, 0.6) is 0 Å². The topological polar surface area (TPSA) is 12.5 Å². The van der Waals surface area contributed by atoms with Gasteiger partial charge in [0.1, 0.15) is 0 Å². The summed E-state index contributed by atoms with van der Waals surface area (Å²) in [4.78, 5) is 2.52. The predicted molar refractivity (Wildman–Crippen MR) is 123 cm³/mol. The second kappa shape index (κ2) is 9.65. The van der Waals surface area contributed by atoms with Crippen molar-refractivity contribution >= 4 is 17.4 Å². The molecule has 2 nitrogen and oxygen atoms in total. The van der Waals surface area contributed by atoms with E-state index in [9.17, 15) is 0 Å². The lowest BCUT2D eigenvalue weighted by atomic mass is 10.2. The highest BCUT2D eigenvalue weighted by molar-refractivity contribution is 6.81. The third-order valence-electron chi connectivity index (χ3n) is 5.45. The molecule has 0 aliphatic carbocycles. The van der Waals surface area contributed by atoms with E-state index in [2.05, 4.69) is 112 Å². The van der Waals surface area contributed by atoms with Crippen LogP contribution in [-0.2, 0) is 17.2 Å². The monoisotopic (exact) mass is 397 g/mol. The number of rotatable bonds is 9. The molecule has 0 radical (unpaired) electrons. The van der Waals surface area contributed by atoms with Crippen molar-refractivity contribution in [3.05, 3.63) is 84.1 Å². The molecule has 0 bridgehead atoms. The Morgan fingerprint density at radius 3 is 1.74 bits per heavy atom. The van der Waals surface area contributed by atoms with Crippen molar-refractivity contribution in [3.8, 4) is 0 Å². The van der Waals surface area contributed by atoms with Crippen LogP contribution in [0.3, 0.4) is 0 Å². The molecule has 0 aliphatic heterocycles. The van der Waals surface area contributed by atoms with E-state index in [4.69, 9.17) is 4.12 Å². The van der Waals surface area contributed by atoms with Crippen LogP contribution >= 0.6 is 0 Å². The van der Waals surface area contributed by atoms with Gasteiger partial charge in [-0.1, -0.05) is 87.1 Å². The molecular weight excluding hydrogens is 362 g/mol. The fourth-order valence-corrected chi connectivity index (χ4v) is 8.88. The zero-order valence-corrected chi connectivity index (χ0v) is 19.8. The maximum Gasteiger partial charge on any atom is 0.201 e. The van der Waals surface area contributed by atoms with Gasteiger partial charge in [-0.25, -0.2) is 0 Å². The molecular formula is C23H35NOSi2. The predicted octanol–water partition coefficient (Wildman–Crippen LogP) is 5.70. The maximum atomic E-state index is 6.78. The molecule has 4 heteroatoms. The van der Waals surface area contributed by atoms with E-state index in [1.54, 1.807) is 0 Å². The lowest BCUT2D eigenvalue weighted by molar-refractivity contribution is 0.288. The fraction of sp³-hybridized carbons (Fsp3) is 0.391. The van der Waals surface area contributed by atoms with E-state index in [0.29, 0.717) is 0 Å². The molecule has 0 fully saturated rings. The number of nitrogens with zero attached hydrogens (tertiary/aromatic N) is 1. The minimum absolute atomic E-state index is 0.227. The number of hydrogen-bond donors (Lipinski definition) is 0. The van der Waals surface area contributed by atoms with Crippen LogP contribution < -0.4 is 0 Å². The summed E-state index contributed by atoms with van der Waals surface area (Å²) in [6, 6.07) is 21.4. The third kappa shape index (κ3) is 6.89. The van der Waals surface area contributed by atoms with Crippen molar-refractivity contribution in [2.45, 2.75) is 52.0 Å². The Morgan fingerprint density at radius 2 is 1.37 bits per heavy atom. The highest BCUT2D eigenvalue weighted by Crippen LogP contribution is 2.37. The van der Waals surface area contributed by atoms with Gasteiger partial charge < -0.3 is 4.12 Å². The average Bonchev–Trinajstić information content (AvgIpc) is 2.61. The van der Waals surface area contributed by atoms with Gasteiger partial charge in [-0.3, -0.25) is 4.90 Å². The molecule has 0 aromatic heterocycles. The summed E-state index contributed by atoms with van der Waals surface area (Å²) in [5, 5.41) is 0.227. The van der Waals surface area contributed by atoms with E-state index in [1.165, 1.54) is 11.1 Å². The second-order valence-corrected chi connectivity index (χ2v) is 16.2. The van der Waals surface area contributed by atoms with Gasteiger partial charge in [0, 0.05) is 19.3 Å². The lowest BCUT2D eigenvalue weighted by Crippen LogP contribution is -2.48. The Morgan fingerprint density at radius 1 is 0.926 bits per heavy atom. The van der Waals surface area contributed by atoms with Crippen molar-refractivity contribution in [1.82, 2.24) is 4.90 Å². The number of hydrogen-bond acceptors (Lipinski definition) is 2. The Labute approximate surface area is 168 Å². The van der Waals surface area contributed by atoms with Gasteiger partial charge >= 0.3 is 0 Å². The summed E-state index contributed by atoms with van der Waals surface area (Å²) < 4.78 is 6.78. The van der Waals surface area contributed by atoms with Gasteiger partial charge in [0.05, 0.1) is 0 Å². The molecule has 2 aromatic rings. The molecule has 27 heavy (non-hydrogen) atoms. The van der Waals surface area contributed by atoms with E-state index >= 15 is 0 Å². The molecule has 0 N–H and O–H groups in total. The molecule has 0 amide bonds. The zero-order chi connectivity index (χ0) is 19.9. The van der Waals surface area contributed by atoms with E-state index < -0.39 is 17.4 Å². The maximum absolute atomic E-state index is 6.78. The Balaban J connectivity index is 2.14. The molecule has 1 atom stereocenters. The van der Waals surface area contributed by atoms with Gasteiger partial charge in [-0.2, -0.15) is 0 Å². The van der Waals surface area contributed by atoms with Crippen molar-refractivity contribution in [2.75, 3.05) is 6.17 Å². The quantitative estimate of drug-likeness (QED) is 0.503. The fourth-order valence-electron chi connectivity index (χ4n) is 2.84. The Kier molecular flexibility index (Phi) is 7.80. The number of benzene rings is 2. The summed E-state index contributed by atoms with van der Waals surface area (Å²) in [6.45, 7) is 17.6. The molecule has 0 saturated carbocycles. The van der Waals surface area contributed by atoms with Crippen molar-refractivity contribution in [2.24, 2.45) is 0 Å². The van der Waals surface area contributed by atoms with Crippen LogP contribution in [0.1, 0.15) is 31.9 Å². The van der Waals surface area contributed by atoms with Gasteiger partial charge in [-0.05, 0) is 29.3 Å². The third-order valence-corrected chi connectivity index (χ3v) is 14.0. The van der Waals surface area contributed by atoms with Crippen LogP contribution in [0, 0.1) is 0 Å². The summed E-state index contributed by atoms with van der Waals surface area (Å²) >= 11 is 0. The van der Waals surface area contributed by atoms with Gasteiger partial charge in [0.25, 0.3) is 0 Å². The Bertz CT molecular complexity index is 654. The van der Waals surface area contributed by atoms with Crippen LogP contribution in [0.2, 0.25) is 18.1 Å². The molecule has 2 rings (SSSR count). The molecule has 0 aliphatic rings. The first-order chi connectivity index (χ1) is 12.7. The minimum Gasteiger partial charge on any atom is -0.453 e. The second-order valence-electron chi connectivity index (χ2n) is 8.79. The smallest absolute Gasteiger partial charge is 0.201 e. The summed E-state index contributed by atoms with van der Waals surface area (Å²) in [5.41, 5.74) is 4.80. The van der Waals surface area contributed by atoms with Crippen molar-refractivity contribution in [1.29, 1.82) is 0 Å². The first kappa shape index (κ1) is 21.8. The van der Waals surface area contributed by atoms with Gasteiger partial charge in [0.15, 0.2) is 8.32 Å². The normalized spacial score (nSPS) is 13.6. The largest absolute Gasteiger partial charge is 0.453 e. The summed E-state index contributed by atoms with van der Waals surface area (Å²) in [5.74, 6) is 0. The molecule has 0 saturated heterocycles. The van der Waals surface area contributed by atoms with Crippen LogP contribution in [-0.4, -0.2) is 28.4 Å². The zero-order valence-electron chi connectivity index (χ0n) is 17.6. The van der Waals surface area contributed by atoms with Crippen LogP contribution in [0.4, 0.5) is 0 Å². The molecule has 0 heterocycles. The lowest BCUT2D eigenvalue weighted by Gasteiger charge is -2.40. The van der Waals surface area contributed by atoms with E-state index in [-0.39, 0.29) is 5.04 Å². The summed E-state index contributed by atoms with van der Waals surface area (Å²) in [6.07, 6.45) is 0.986. The van der Waals surface area contributed by atoms with Crippen molar-refractivity contribution < 1.29 is 4.12 Å². The molecule has 1 unspecified atom stereocenters. The Hall–Kier alpha value is -1.47. The average molecular weight is 398 g/mol. The van der Waals surface area contributed by atoms with Gasteiger partial charge in [-0.15, -0.1) is 6.58 Å². The van der Waals surface area contributed by atoms with E-state index in [1.807, 2.05) is 0 Å². The van der Waals surface area contributed by atoms with Crippen molar-refractivity contribution in [3.63, 3.8) is 0 Å². The SMILES string of the molecule is C=C[SiH](CN(Cc1ccccc1)Cc1ccccc1)O[Si](C)(C)C(C)(C)C. The van der Waals surface area contributed by atoms with Crippen LogP contribution in [0.15, 0.2) is 72.9 Å². The first-order valence-corrected chi connectivity index (χ1v) is 14.7. The standard InChI is InChI=1S/C23H35NOSi2/c1-7-26(25-27(5,6)23(2,3)4)20-24(18-21-14-10-8-11-15-21)19-22-16-12-9-13-17-22/h7-17,26H,1,18-20H2,2-6H3. The molecule has 146 valence electrons. The minimum atomic E-state index is -1.78. The van der Waals surface area contributed by atoms with E-state index in [0.717, 1.165) is 19.3 Å². The van der Waals surface area contributed by atoms with Crippen LogP contribution in [0.25, 0.3) is 0 Å². The summed E-state index contributed by atoms with van der Waals surface area (Å²) in [7, 11) is -3.30. The highest BCUT2D eigenvalue weighted by atomic mass is 28.4. The van der Waals surface area contributed by atoms with Gasteiger partial charge in [0.2, 0.25) is 9.04 Å². The first-order valence-electron chi connectivity index (χ1n) is 9.82. The molecule has 0 spiro atoms.